The molecule has 0 saturated carbocycles. The molecule has 2 aliphatic rings. The Hall–Kier alpha value is -3.22. The Bertz CT molecular complexity index is 1270. The van der Waals surface area contributed by atoms with Crippen LogP contribution in [0.2, 0.25) is 0 Å². The number of primary amides is 1. The van der Waals surface area contributed by atoms with Crippen LogP contribution in [0.25, 0.3) is 11.0 Å². The molecule has 1 unspecified atom stereocenters. The molecule has 5 rings (SSSR count). The van der Waals surface area contributed by atoms with Gasteiger partial charge in [0.25, 0.3) is 0 Å². The van der Waals surface area contributed by atoms with E-state index in [9.17, 15) is 23.1 Å². The van der Waals surface area contributed by atoms with Crippen LogP contribution in [0, 0.1) is 5.92 Å². The smallest absolute Gasteiger partial charge is 0.391 e. The van der Waals surface area contributed by atoms with Crippen molar-refractivity contribution in [2.75, 3.05) is 44.3 Å². The molecule has 1 aromatic carbocycles. The summed E-state index contributed by atoms with van der Waals surface area (Å²) >= 11 is 0. The van der Waals surface area contributed by atoms with Gasteiger partial charge < -0.3 is 25.0 Å². The number of ether oxygens (including phenoxy) is 1. The summed E-state index contributed by atoms with van der Waals surface area (Å²) in [6, 6.07) is 6.79. The lowest BCUT2D eigenvalue weighted by Crippen LogP contribution is -2.47. The lowest BCUT2D eigenvalue weighted by atomic mass is 9.93. The minimum absolute atomic E-state index is 0.0283. The van der Waals surface area contributed by atoms with Gasteiger partial charge in [0.05, 0.1) is 42.9 Å². The van der Waals surface area contributed by atoms with Crippen molar-refractivity contribution in [1.82, 2.24) is 19.4 Å². The molecule has 0 spiro atoms. The fourth-order valence-electron chi connectivity index (χ4n) is 5.30. The van der Waals surface area contributed by atoms with Crippen molar-refractivity contribution in [1.29, 1.82) is 0 Å². The zero-order valence-electron chi connectivity index (χ0n) is 20.1. The van der Waals surface area contributed by atoms with E-state index in [1.807, 2.05) is 26.6 Å². The van der Waals surface area contributed by atoms with E-state index in [4.69, 9.17) is 10.5 Å². The van der Waals surface area contributed by atoms with Crippen LogP contribution in [0.15, 0.2) is 42.9 Å². The van der Waals surface area contributed by atoms with E-state index in [-0.39, 0.29) is 19.1 Å². The molecular formula is C25H29F3N6O3. The maximum atomic E-state index is 13.4. The fraction of sp³-hybridized carbons (Fsp3) is 0.480. The highest BCUT2D eigenvalue weighted by molar-refractivity contribution is 5.88. The predicted molar refractivity (Wildman–Crippen MR) is 130 cm³/mol. The summed E-state index contributed by atoms with van der Waals surface area (Å²) in [6.07, 6.45) is -0.996. The summed E-state index contributed by atoms with van der Waals surface area (Å²) in [5.74, 6) is 0.184. The molecule has 3 N–H and O–H groups in total. The van der Waals surface area contributed by atoms with E-state index < -0.39 is 29.8 Å². The number of alkyl halides is 3. The van der Waals surface area contributed by atoms with Crippen LogP contribution in [0.4, 0.5) is 19.0 Å². The van der Waals surface area contributed by atoms with E-state index in [0.29, 0.717) is 56.2 Å². The number of β-amino-alcohol motifs (C(OH)–C–C–N with tert-alkyl or cyclic N) is 1. The average molecular weight is 519 g/mol. The molecule has 198 valence electrons. The number of hydrogen-bond acceptors (Lipinski definition) is 7. The van der Waals surface area contributed by atoms with Gasteiger partial charge in [-0.05, 0) is 36.7 Å². The number of nitrogens with two attached hydrogens (primary N) is 1. The molecule has 3 atom stereocenters. The Labute approximate surface area is 211 Å². The van der Waals surface area contributed by atoms with Crippen molar-refractivity contribution in [3.8, 4) is 0 Å². The molecule has 0 radical (unpaired) electrons. The van der Waals surface area contributed by atoms with Gasteiger partial charge in [-0.1, -0.05) is 12.1 Å². The second-order valence-corrected chi connectivity index (χ2v) is 9.63. The van der Waals surface area contributed by atoms with Crippen LogP contribution in [-0.2, 0) is 22.3 Å². The van der Waals surface area contributed by atoms with Gasteiger partial charge in [0.1, 0.15) is 17.8 Å². The predicted octanol–water partition coefficient (Wildman–Crippen LogP) is 2.20. The van der Waals surface area contributed by atoms with Gasteiger partial charge >= 0.3 is 6.18 Å². The van der Waals surface area contributed by atoms with Gasteiger partial charge in [-0.3, -0.25) is 9.69 Å². The number of fused-ring (bicyclic) bond motifs is 1. The quantitative estimate of drug-likeness (QED) is 0.515. The van der Waals surface area contributed by atoms with Crippen LogP contribution in [0.3, 0.4) is 0 Å². The minimum atomic E-state index is -4.43. The first-order valence-electron chi connectivity index (χ1n) is 12.2. The monoisotopic (exact) mass is 518 g/mol. The molecule has 12 heteroatoms. The van der Waals surface area contributed by atoms with Gasteiger partial charge in [0.15, 0.2) is 0 Å². The summed E-state index contributed by atoms with van der Waals surface area (Å²) in [7, 11) is 0. The van der Waals surface area contributed by atoms with Crippen molar-refractivity contribution in [2.24, 2.45) is 11.7 Å². The third-order valence-electron chi connectivity index (χ3n) is 7.15. The van der Waals surface area contributed by atoms with Gasteiger partial charge in [0.2, 0.25) is 5.91 Å². The molecule has 1 amide bonds. The number of carbonyl (C=O) groups is 1. The maximum Gasteiger partial charge on any atom is 0.416 e. The minimum Gasteiger partial charge on any atom is -0.391 e. The highest BCUT2D eigenvalue weighted by Gasteiger charge is 2.34. The number of likely N-dealkylation sites (tertiary alicyclic amines) is 1. The number of aliphatic hydroxyl groups is 1. The Morgan fingerprint density at radius 2 is 2.05 bits per heavy atom. The first-order chi connectivity index (χ1) is 17.7. The van der Waals surface area contributed by atoms with E-state index in [0.717, 1.165) is 11.5 Å². The maximum absolute atomic E-state index is 13.4. The lowest BCUT2D eigenvalue weighted by Gasteiger charge is -2.37. The fourth-order valence-corrected chi connectivity index (χ4v) is 5.30. The van der Waals surface area contributed by atoms with E-state index >= 15 is 0 Å². The van der Waals surface area contributed by atoms with Crippen molar-refractivity contribution >= 4 is 22.8 Å². The molecule has 0 bridgehead atoms. The van der Waals surface area contributed by atoms with E-state index in [2.05, 4.69) is 9.97 Å². The highest BCUT2D eigenvalue weighted by atomic mass is 19.4. The second kappa shape index (κ2) is 10.3. The van der Waals surface area contributed by atoms with Crippen molar-refractivity contribution < 1.29 is 27.8 Å². The zero-order chi connectivity index (χ0) is 26.2. The Kier molecular flexibility index (Phi) is 7.06. The summed E-state index contributed by atoms with van der Waals surface area (Å²) < 4.78 is 47.7. The SMILES string of the molecule is NC(=O)CN1CCC(Cn2ccc3c(N4CCOC[C@H]4c4cccc(C(F)(F)F)c4)ncnc32)[C@@H](O)C1. The number of amides is 1. The first-order valence-corrected chi connectivity index (χ1v) is 12.2. The lowest BCUT2D eigenvalue weighted by molar-refractivity contribution is -0.137. The second-order valence-electron chi connectivity index (χ2n) is 9.63. The van der Waals surface area contributed by atoms with Crippen molar-refractivity contribution in [2.45, 2.75) is 31.3 Å². The number of morpholine rings is 1. The molecule has 9 nitrogen and oxygen atoms in total. The number of nitrogens with zero attached hydrogens (tertiary/aromatic N) is 5. The van der Waals surface area contributed by atoms with Crippen LogP contribution < -0.4 is 10.6 Å². The topological polar surface area (TPSA) is 110 Å². The molecule has 2 saturated heterocycles. The highest BCUT2D eigenvalue weighted by Crippen LogP contribution is 2.36. The number of hydrogen-bond donors (Lipinski definition) is 2. The third-order valence-corrected chi connectivity index (χ3v) is 7.15. The molecule has 4 heterocycles. The third kappa shape index (κ3) is 5.41. The molecule has 0 aliphatic carbocycles. The van der Waals surface area contributed by atoms with Crippen LogP contribution in [0.1, 0.15) is 23.6 Å². The number of carbonyl (C=O) groups excluding carboxylic acids is 1. The molecular weight excluding hydrogens is 489 g/mol. The van der Waals surface area contributed by atoms with Crippen molar-refractivity contribution in [3.05, 3.63) is 54.0 Å². The van der Waals surface area contributed by atoms with Gasteiger partial charge in [0, 0.05) is 31.7 Å². The van der Waals surface area contributed by atoms with Gasteiger partial charge in [-0.2, -0.15) is 13.2 Å². The van der Waals surface area contributed by atoms with Gasteiger partial charge in [-0.25, -0.2) is 9.97 Å². The number of benzene rings is 1. The van der Waals surface area contributed by atoms with Crippen LogP contribution in [-0.4, -0.2) is 75.9 Å². The Morgan fingerprint density at radius 1 is 1.22 bits per heavy atom. The average Bonchev–Trinajstić information content (AvgIpc) is 3.28. The standard InChI is InChI=1S/C25H29F3N6O3/c26-25(27,28)18-3-1-2-16(10-18)20-14-37-9-8-34(20)24-19-5-7-33(23(19)30-15-31-24)11-17-4-6-32(12-21(17)35)13-22(29)36/h1-3,5,7,10,15,17,20-21,35H,4,6,8-9,11-14H2,(H2,29,36)/t17?,20-,21-/m0/s1. The van der Waals surface area contributed by atoms with E-state index in [1.165, 1.54) is 18.5 Å². The van der Waals surface area contributed by atoms with Crippen LogP contribution in [0.5, 0.6) is 0 Å². The molecule has 2 fully saturated rings. The number of piperidine rings is 1. The largest absolute Gasteiger partial charge is 0.416 e. The molecule has 37 heavy (non-hydrogen) atoms. The summed E-state index contributed by atoms with van der Waals surface area (Å²) in [5, 5.41) is 11.5. The molecule has 3 aromatic rings. The zero-order valence-corrected chi connectivity index (χ0v) is 20.1. The number of rotatable bonds is 6. The number of anilines is 1. The Balaban J connectivity index is 1.40. The Morgan fingerprint density at radius 3 is 2.81 bits per heavy atom. The summed E-state index contributed by atoms with van der Waals surface area (Å²) in [4.78, 5) is 24.0. The summed E-state index contributed by atoms with van der Waals surface area (Å²) in [6.45, 7) is 2.83. The first kappa shape index (κ1) is 25.4. The summed E-state index contributed by atoms with van der Waals surface area (Å²) in [5.41, 5.74) is 5.77. The normalized spacial score (nSPS) is 23.5. The number of aromatic nitrogens is 3. The van der Waals surface area contributed by atoms with E-state index in [1.54, 1.807) is 6.07 Å². The molecule has 2 aliphatic heterocycles. The number of aliphatic hydroxyl groups excluding tert-OH is 1. The molecule has 2 aromatic heterocycles. The van der Waals surface area contributed by atoms with Crippen molar-refractivity contribution in [3.63, 3.8) is 0 Å². The van der Waals surface area contributed by atoms with Crippen LogP contribution >= 0.6 is 0 Å². The van der Waals surface area contributed by atoms with Gasteiger partial charge in [-0.15, -0.1) is 0 Å². The number of halogens is 3.